The number of benzene rings is 2. The van der Waals surface area contributed by atoms with Gasteiger partial charge in [-0.2, -0.15) is 0 Å². The molecule has 0 saturated heterocycles. The Labute approximate surface area is 138 Å². The van der Waals surface area contributed by atoms with Gasteiger partial charge in [-0.15, -0.1) is 11.3 Å². The number of aromatic nitrogens is 1. The molecule has 0 aliphatic rings. The first-order chi connectivity index (χ1) is 11.1. The van der Waals surface area contributed by atoms with Crippen molar-refractivity contribution in [1.82, 2.24) is 4.98 Å². The van der Waals surface area contributed by atoms with Crippen LogP contribution in [0.4, 0.5) is 10.1 Å². The second-order valence-corrected chi connectivity index (χ2v) is 6.29. The zero-order valence-electron chi connectivity index (χ0n) is 12.8. The smallest absolute Gasteiger partial charge is 0.142 e. The summed E-state index contributed by atoms with van der Waals surface area (Å²) in [6.07, 6.45) is 0.765. The van der Waals surface area contributed by atoms with E-state index < -0.39 is 0 Å². The highest BCUT2D eigenvalue weighted by atomic mass is 32.1. The third kappa shape index (κ3) is 4.07. The first-order valence-electron chi connectivity index (χ1n) is 7.27. The van der Waals surface area contributed by atoms with Crippen LogP contribution in [0.1, 0.15) is 21.8 Å². The van der Waals surface area contributed by atoms with Gasteiger partial charge < -0.3 is 10.5 Å². The fourth-order valence-corrected chi connectivity index (χ4v) is 3.05. The van der Waals surface area contributed by atoms with Crippen molar-refractivity contribution in [3.05, 3.63) is 75.5 Å². The molecule has 0 bridgehead atoms. The highest BCUT2D eigenvalue weighted by Crippen LogP contribution is 2.25. The van der Waals surface area contributed by atoms with Crippen molar-refractivity contribution in [1.29, 1.82) is 0 Å². The van der Waals surface area contributed by atoms with E-state index >= 15 is 0 Å². The van der Waals surface area contributed by atoms with Gasteiger partial charge in [0.05, 0.1) is 10.7 Å². The van der Waals surface area contributed by atoms with Gasteiger partial charge in [0.2, 0.25) is 0 Å². The lowest BCUT2D eigenvalue weighted by molar-refractivity contribution is 0.307. The average molecular weight is 328 g/mol. The van der Waals surface area contributed by atoms with Gasteiger partial charge in [-0.05, 0) is 42.3 Å². The van der Waals surface area contributed by atoms with E-state index in [9.17, 15) is 4.39 Å². The average Bonchev–Trinajstić information content (AvgIpc) is 2.93. The monoisotopic (exact) mass is 328 g/mol. The second-order valence-electron chi connectivity index (χ2n) is 5.35. The van der Waals surface area contributed by atoms with Crippen LogP contribution in [0, 0.1) is 12.7 Å². The first kappa shape index (κ1) is 15.5. The molecule has 23 heavy (non-hydrogen) atoms. The fourth-order valence-electron chi connectivity index (χ4n) is 2.24. The lowest BCUT2D eigenvalue weighted by atomic mass is 10.1. The van der Waals surface area contributed by atoms with Gasteiger partial charge in [-0.1, -0.05) is 18.2 Å². The predicted molar refractivity (Wildman–Crippen MR) is 91.2 cm³/mol. The summed E-state index contributed by atoms with van der Waals surface area (Å²) in [5, 5.41) is 3.11. The van der Waals surface area contributed by atoms with E-state index in [0.29, 0.717) is 18.0 Å². The summed E-state index contributed by atoms with van der Waals surface area (Å²) in [4.78, 5) is 4.46. The summed E-state index contributed by atoms with van der Waals surface area (Å²) in [5.41, 5.74) is 9.70. The molecule has 0 spiro atoms. The maximum Gasteiger partial charge on any atom is 0.142 e. The lowest BCUT2D eigenvalue weighted by Gasteiger charge is -2.10. The van der Waals surface area contributed by atoms with Crippen LogP contribution >= 0.6 is 11.3 Å². The van der Waals surface area contributed by atoms with E-state index in [1.165, 1.54) is 12.1 Å². The molecular formula is C18H17FN2OS. The van der Waals surface area contributed by atoms with E-state index in [4.69, 9.17) is 10.5 Å². The molecule has 0 fully saturated rings. The fraction of sp³-hybridized carbons (Fsp3) is 0.167. The standard InChI is InChI=1S/C18H17FN2OS/c1-12-11-23-18(21-12)9-14-4-7-17(16(20)8-14)22-10-13-2-5-15(19)6-3-13/h2-8,11H,9-10,20H2,1H3. The molecule has 118 valence electrons. The topological polar surface area (TPSA) is 48.1 Å². The molecule has 0 amide bonds. The van der Waals surface area contributed by atoms with Crippen LogP contribution in [-0.2, 0) is 13.0 Å². The third-order valence-corrected chi connectivity index (χ3v) is 4.37. The zero-order chi connectivity index (χ0) is 16.2. The van der Waals surface area contributed by atoms with Gasteiger partial charge in [-0.25, -0.2) is 9.37 Å². The van der Waals surface area contributed by atoms with E-state index in [1.807, 2.05) is 30.5 Å². The zero-order valence-corrected chi connectivity index (χ0v) is 13.6. The molecule has 0 saturated carbocycles. The minimum absolute atomic E-state index is 0.255. The van der Waals surface area contributed by atoms with Gasteiger partial charge in [-0.3, -0.25) is 0 Å². The molecule has 1 heterocycles. The molecule has 0 atom stereocenters. The minimum Gasteiger partial charge on any atom is -0.487 e. The van der Waals surface area contributed by atoms with Gasteiger partial charge in [0.15, 0.2) is 0 Å². The Morgan fingerprint density at radius 2 is 1.87 bits per heavy atom. The van der Waals surface area contributed by atoms with Crippen LogP contribution in [0.3, 0.4) is 0 Å². The molecule has 0 aliphatic heterocycles. The number of thiazole rings is 1. The summed E-state index contributed by atoms with van der Waals surface area (Å²) < 4.78 is 18.6. The van der Waals surface area contributed by atoms with Crippen molar-refractivity contribution >= 4 is 17.0 Å². The van der Waals surface area contributed by atoms with Crippen molar-refractivity contribution in [3.63, 3.8) is 0 Å². The van der Waals surface area contributed by atoms with Gasteiger partial charge in [0, 0.05) is 17.5 Å². The molecule has 0 aliphatic carbocycles. The van der Waals surface area contributed by atoms with Crippen molar-refractivity contribution in [2.45, 2.75) is 20.0 Å². The number of hydrogen-bond donors (Lipinski definition) is 1. The number of ether oxygens (including phenoxy) is 1. The Hall–Kier alpha value is -2.40. The molecule has 0 unspecified atom stereocenters. The third-order valence-electron chi connectivity index (χ3n) is 3.40. The Balaban J connectivity index is 1.65. The summed E-state index contributed by atoms with van der Waals surface area (Å²) in [5.74, 6) is 0.378. The molecular weight excluding hydrogens is 311 g/mol. The predicted octanol–water partition coefficient (Wildman–Crippen LogP) is 4.34. The summed E-state index contributed by atoms with van der Waals surface area (Å²) in [6.45, 7) is 2.34. The van der Waals surface area contributed by atoms with Crippen LogP contribution in [0.15, 0.2) is 47.8 Å². The first-order valence-corrected chi connectivity index (χ1v) is 8.15. The van der Waals surface area contributed by atoms with E-state index in [-0.39, 0.29) is 5.82 Å². The quantitative estimate of drug-likeness (QED) is 0.709. The maximum absolute atomic E-state index is 12.9. The minimum atomic E-state index is -0.255. The molecule has 2 aromatic carbocycles. The summed E-state index contributed by atoms with van der Waals surface area (Å²) >= 11 is 1.65. The lowest BCUT2D eigenvalue weighted by Crippen LogP contribution is -2.00. The molecule has 3 nitrogen and oxygen atoms in total. The SMILES string of the molecule is Cc1csc(Cc2ccc(OCc3ccc(F)cc3)c(N)c2)n1. The van der Waals surface area contributed by atoms with Crippen molar-refractivity contribution in [3.8, 4) is 5.75 Å². The Bertz CT molecular complexity index is 799. The number of nitrogens with two attached hydrogens (primary N) is 1. The summed E-state index contributed by atoms with van der Waals surface area (Å²) in [6, 6.07) is 12.0. The number of anilines is 1. The van der Waals surface area contributed by atoms with Crippen molar-refractivity contribution < 1.29 is 9.13 Å². The number of rotatable bonds is 5. The molecule has 3 aromatic rings. The van der Waals surface area contributed by atoms with Crippen LogP contribution in [-0.4, -0.2) is 4.98 Å². The molecule has 5 heteroatoms. The Kier molecular flexibility index (Phi) is 4.57. The van der Waals surface area contributed by atoms with Crippen LogP contribution in [0.5, 0.6) is 5.75 Å². The number of aryl methyl sites for hydroxylation is 1. The van der Waals surface area contributed by atoms with Gasteiger partial charge in [0.25, 0.3) is 0 Å². The molecule has 2 N–H and O–H groups in total. The highest BCUT2D eigenvalue weighted by molar-refractivity contribution is 7.09. The highest BCUT2D eigenvalue weighted by Gasteiger charge is 2.06. The van der Waals surface area contributed by atoms with E-state index in [0.717, 1.165) is 28.2 Å². The number of hydrogen-bond acceptors (Lipinski definition) is 4. The maximum atomic E-state index is 12.9. The molecule has 1 aromatic heterocycles. The number of nitrogen functional groups attached to an aromatic ring is 1. The normalized spacial score (nSPS) is 10.7. The van der Waals surface area contributed by atoms with Crippen LogP contribution in [0.25, 0.3) is 0 Å². The van der Waals surface area contributed by atoms with Crippen LogP contribution in [0.2, 0.25) is 0 Å². The van der Waals surface area contributed by atoms with E-state index in [1.54, 1.807) is 23.5 Å². The van der Waals surface area contributed by atoms with Gasteiger partial charge >= 0.3 is 0 Å². The van der Waals surface area contributed by atoms with Crippen molar-refractivity contribution in [2.75, 3.05) is 5.73 Å². The number of halogens is 1. The Morgan fingerprint density at radius 3 is 2.52 bits per heavy atom. The van der Waals surface area contributed by atoms with Crippen molar-refractivity contribution in [2.24, 2.45) is 0 Å². The second kappa shape index (κ2) is 6.79. The molecule has 0 radical (unpaired) electrons. The largest absolute Gasteiger partial charge is 0.487 e. The molecule has 3 rings (SSSR count). The van der Waals surface area contributed by atoms with Crippen LogP contribution < -0.4 is 10.5 Å². The Morgan fingerprint density at radius 1 is 1.13 bits per heavy atom. The van der Waals surface area contributed by atoms with Gasteiger partial charge in [0.1, 0.15) is 18.2 Å². The van der Waals surface area contributed by atoms with E-state index in [2.05, 4.69) is 4.98 Å². The number of nitrogens with zero attached hydrogens (tertiary/aromatic N) is 1. The summed E-state index contributed by atoms with van der Waals surface area (Å²) in [7, 11) is 0.